The van der Waals surface area contributed by atoms with Gasteiger partial charge in [-0.05, 0) is 29.7 Å². The molecule has 1 saturated carbocycles. The second kappa shape index (κ2) is 5.09. The van der Waals surface area contributed by atoms with E-state index in [1.54, 1.807) is 0 Å². The molecule has 0 aromatic carbocycles. The van der Waals surface area contributed by atoms with Gasteiger partial charge in [-0.2, -0.15) is 0 Å². The number of rotatable bonds is 6. The molecule has 0 spiro atoms. The maximum Gasteiger partial charge on any atom is 0.323 e. The number of carbonyl (C=O) groups is 2. The molecule has 0 radical (unpaired) electrons. The van der Waals surface area contributed by atoms with Crippen LogP contribution >= 0.6 is 0 Å². The number of aromatic amines is 1. The summed E-state index contributed by atoms with van der Waals surface area (Å²) >= 11 is 0. The predicted octanol–water partition coefficient (Wildman–Crippen LogP) is 0.860. The van der Waals surface area contributed by atoms with Gasteiger partial charge in [0.25, 0.3) is 5.91 Å². The van der Waals surface area contributed by atoms with Crippen LogP contribution in [-0.2, 0) is 4.79 Å². The quantitative estimate of drug-likeness (QED) is 0.585. The monoisotopic (exact) mass is 267 g/mol. The first-order chi connectivity index (χ1) is 8.97. The van der Waals surface area contributed by atoms with Crippen LogP contribution in [0, 0.1) is 16.0 Å². The summed E-state index contributed by atoms with van der Waals surface area (Å²) in [7, 11) is 0. The Morgan fingerprint density at radius 3 is 2.63 bits per heavy atom. The van der Waals surface area contributed by atoms with Crippen molar-refractivity contribution in [2.45, 2.75) is 12.8 Å². The summed E-state index contributed by atoms with van der Waals surface area (Å²) in [5.74, 6) is -1.57. The number of hydrogen-bond donors (Lipinski definition) is 2. The molecule has 19 heavy (non-hydrogen) atoms. The second-order valence-corrected chi connectivity index (χ2v) is 4.54. The van der Waals surface area contributed by atoms with Crippen LogP contribution in [0.25, 0.3) is 0 Å². The Morgan fingerprint density at radius 2 is 2.16 bits per heavy atom. The minimum Gasteiger partial charge on any atom is -0.480 e. The van der Waals surface area contributed by atoms with Crippen molar-refractivity contribution in [3.63, 3.8) is 0 Å². The molecule has 0 aliphatic heterocycles. The SMILES string of the molecule is O=C(O)CN(CC1CC1)C(=O)c1ccc([N+](=O)[O-])[nH]1. The van der Waals surface area contributed by atoms with Crippen molar-refractivity contribution < 1.29 is 19.6 Å². The molecule has 1 heterocycles. The molecule has 8 nitrogen and oxygen atoms in total. The van der Waals surface area contributed by atoms with E-state index in [1.165, 1.54) is 17.0 Å². The third-order valence-corrected chi connectivity index (χ3v) is 2.89. The number of carbonyl (C=O) groups excluding carboxylic acids is 1. The molecule has 1 fully saturated rings. The maximum absolute atomic E-state index is 12.1. The van der Waals surface area contributed by atoms with Gasteiger partial charge in [0, 0.05) is 12.6 Å². The highest BCUT2D eigenvalue weighted by atomic mass is 16.6. The molecular weight excluding hydrogens is 254 g/mol. The fourth-order valence-electron chi connectivity index (χ4n) is 1.78. The van der Waals surface area contributed by atoms with Crippen molar-refractivity contribution in [1.29, 1.82) is 0 Å². The van der Waals surface area contributed by atoms with Crippen LogP contribution in [0.1, 0.15) is 23.3 Å². The molecule has 0 saturated heterocycles. The number of aliphatic carboxylic acids is 1. The smallest absolute Gasteiger partial charge is 0.323 e. The van der Waals surface area contributed by atoms with Crippen molar-refractivity contribution in [2.75, 3.05) is 13.1 Å². The van der Waals surface area contributed by atoms with E-state index in [-0.39, 0.29) is 11.5 Å². The highest BCUT2D eigenvalue weighted by Gasteiger charge is 2.30. The number of hydrogen-bond acceptors (Lipinski definition) is 4. The lowest BCUT2D eigenvalue weighted by Crippen LogP contribution is -2.37. The zero-order chi connectivity index (χ0) is 14.0. The van der Waals surface area contributed by atoms with Gasteiger partial charge >= 0.3 is 11.8 Å². The zero-order valence-electron chi connectivity index (χ0n) is 10.0. The minimum atomic E-state index is -1.10. The lowest BCUT2D eigenvalue weighted by Gasteiger charge is -2.18. The standard InChI is InChI=1S/C11H13N3O5/c15-10(16)6-13(5-7-1-2-7)11(17)8-3-4-9(12-8)14(18)19/h3-4,7,12H,1-2,5-6H2,(H,15,16). The van der Waals surface area contributed by atoms with Gasteiger partial charge in [0.15, 0.2) is 5.69 Å². The van der Waals surface area contributed by atoms with E-state index in [9.17, 15) is 19.7 Å². The Kier molecular flexibility index (Phi) is 3.50. The molecule has 2 rings (SSSR count). The van der Waals surface area contributed by atoms with Gasteiger partial charge in [-0.15, -0.1) is 0 Å². The van der Waals surface area contributed by atoms with E-state index >= 15 is 0 Å². The molecule has 0 unspecified atom stereocenters. The van der Waals surface area contributed by atoms with E-state index in [4.69, 9.17) is 5.11 Å². The van der Waals surface area contributed by atoms with Gasteiger partial charge in [0.2, 0.25) is 0 Å². The highest BCUT2D eigenvalue weighted by molar-refractivity contribution is 5.94. The number of nitro groups is 1. The topological polar surface area (TPSA) is 117 Å². The molecule has 1 amide bonds. The molecule has 1 aliphatic rings. The number of nitrogens with zero attached hydrogens (tertiary/aromatic N) is 2. The minimum absolute atomic E-state index is 0.0357. The lowest BCUT2D eigenvalue weighted by molar-refractivity contribution is -0.389. The summed E-state index contributed by atoms with van der Waals surface area (Å²) in [6.45, 7) is -0.0277. The van der Waals surface area contributed by atoms with Crippen LogP contribution in [-0.4, -0.2) is 44.9 Å². The molecule has 102 valence electrons. The molecule has 2 N–H and O–H groups in total. The van der Waals surface area contributed by atoms with Gasteiger partial charge in [-0.3, -0.25) is 9.59 Å². The van der Waals surface area contributed by atoms with Gasteiger partial charge in [0.1, 0.15) is 6.54 Å². The number of nitrogens with one attached hydrogen (secondary N) is 1. The number of carboxylic acid groups (broad SMARTS) is 1. The average molecular weight is 267 g/mol. The van der Waals surface area contributed by atoms with Crippen LogP contribution in [0.2, 0.25) is 0 Å². The van der Waals surface area contributed by atoms with Gasteiger partial charge in [-0.25, -0.2) is 4.98 Å². The Labute approximate surface area is 108 Å². The Bertz CT molecular complexity index is 520. The summed E-state index contributed by atoms with van der Waals surface area (Å²) in [4.78, 5) is 36.3. The van der Waals surface area contributed by atoms with E-state index in [1.807, 2.05) is 0 Å². The van der Waals surface area contributed by atoms with Gasteiger partial charge in [-0.1, -0.05) is 0 Å². The van der Waals surface area contributed by atoms with Crippen molar-refractivity contribution in [2.24, 2.45) is 5.92 Å². The third-order valence-electron chi connectivity index (χ3n) is 2.89. The van der Waals surface area contributed by atoms with Crippen LogP contribution < -0.4 is 0 Å². The van der Waals surface area contributed by atoms with Crippen LogP contribution in [0.3, 0.4) is 0 Å². The summed E-state index contributed by atoms with van der Waals surface area (Å²) < 4.78 is 0. The number of aromatic nitrogens is 1. The number of amides is 1. The fraction of sp³-hybridized carbons (Fsp3) is 0.455. The molecule has 1 aliphatic carbocycles. The van der Waals surface area contributed by atoms with E-state index in [0.717, 1.165) is 12.8 Å². The van der Waals surface area contributed by atoms with E-state index < -0.39 is 23.3 Å². The summed E-state index contributed by atoms with van der Waals surface area (Å²) in [5.41, 5.74) is 0.0357. The normalized spacial score (nSPS) is 14.1. The van der Waals surface area contributed by atoms with Gasteiger partial charge in [0.05, 0.1) is 0 Å². The molecule has 1 aromatic rings. The Balaban J connectivity index is 2.11. The van der Waals surface area contributed by atoms with Gasteiger partial charge < -0.3 is 20.1 Å². The second-order valence-electron chi connectivity index (χ2n) is 4.54. The average Bonchev–Trinajstić information content (AvgIpc) is 3.00. The first-order valence-corrected chi connectivity index (χ1v) is 5.82. The molecule has 0 atom stereocenters. The van der Waals surface area contributed by atoms with Crippen molar-refractivity contribution in [1.82, 2.24) is 9.88 Å². The summed E-state index contributed by atoms with van der Waals surface area (Å²) in [6, 6.07) is 2.48. The maximum atomic E-state index is 12.1. The largest absolute Gasteiger partial charge is 0.480 e. The van der Waals surface area contributed by atoms with Crippen molar-refractivity contribution in [3.8, 4) is 0 Å². The van der Waals surface area contributed by atoms with Crippen LogP contribution in [0.15, 0.2) is 12.1 Å². The fourth-order valence-corrected chi connectivity index (χ4v) is 1.78. The molecule has 0 bridgehead atoms. The van der Waals surface area contributed by atoms with E-state index in [0.29, 0.717) is 12.5 Å². The van der Waals surface area contributed by atoms with E-state index in [2.05, 4.69) is 4.98 Å². The molecule has 1 aromatic heterocycles. The zero-order valence-corrected chi connectivity index (χ0v) is 10.0. The summed E-state index contributed by atoms with van der Waals surface area (Å²) in [6.07, 6.45) is 1.96. The number of carboxylic acids is 1. The lowest BCUT2D eigenvalue weighted by atomic mass is 10.3. The Hall–Kier alpha value is -2.38. The third kappa shape index (κ3) is 3.30. The Morgan fingerprint density at radius 1 is 1.47 bits per heavy atom. The first kappa shape index (κ1) is 13.1. The molecule has 8 heteroatoms. The summed E-state index contributed by atoms with van der Waals surface area (Å²) in [5, 5.41) is 19.3. The van der Waals surface area contributed by atoms with Crippen LogP contribution in [0.5, 0.6) is 0 Å². The number of H-pyrrole nitrogens is 1. The first-order valence-electron chi connectivity index (χ1n) is 5.82. The van der Waals surface area contributed by atoms with Crippen molar-refractivity contribution >= 4 is 17.7 Å². The predicted molar refractivity (Wildman–Crippen MR) is 63.7 cm³/mol. The van der Waals surface area contributed by atoms with Crippen LogP contribution in [0.4, 0.5) is 5.82 Å². The highest BCUT2D eigenvalue weighted by Crippen LogP contribution is 2.30. The van der Waals surface area contributed by atoms with Crippen molar-refractivity contribution in [3.05, 3.63) is 27.9 Å². The molecular formula is C11H13N3O5.